The van der Waals surface area contributed by atoms with Gasteiger partial charge in [-0.25, -0.2) is 0 Å². The van der Waals surface area contributed by atoms with Gasteiger partial charge in [-0.15, -0.1) is 0 Å². The molecule has 0 heterocycles. The summed E-state index contributed by atoms with van der Waals surface area (Å²) in [5, 5.41) is 18.0. The number of nitrogens with zero attached hydrogens (tertiary/aromatic N) is 3. The van der Waals surface area contributed by atoms with Crippen molar-refractivity contribution in [2.45, 2.75) is 12.6 Å². The molecule has 3 nitrogen and oxygen atoms in total. The van der Waals surface area contributed by atoms with Gasteiger partial charge in [0.1, 0.15) is 0 Å². The van der Waals surface area contributed by atoms with E-state index in [1.165, 1.54) is 0 Å². The second-order valence-corrected chi connectivity index (χ2v) is 3.64. The molecule has 15 heavy (non-hydrogen) atoms. The van der Waals surface area contributed by atoms with Gasteiger partial charge in [0.25, 0.3) is 0 Å². The summed E-state index contributed by atoms with van der Waals surface area (Å²) in [5.74, 6) is 0. The van der Waals surface area contributed by atoms with Gasteiger partial charge in [0.05, 0.1) is 12.1 Å². The molecule has 0 bridgehead atoms. The molecule has 4 heteroatoms. The van der Waals surface area contributed by atoms with Gasteiger partial charge in [0.2, 0.25) is 0 Å². The summed E-state index contributed by atoms with van der Waals surface area (Å²) >= 11 is 5.75. The molecule has 0 amide bonds. The molecule has 1 rings (SSSR count). The van der Waals surface area contributed by atoms with Crippen molar-refractivity contribution in [3.05, 3.63) is 34.9 Å². The van der Waals surface area contributed by atoms with Gasteiger partial charge < -0.3 is 0 Å². The third kappa shape index (κ3) is 3.25. The first-order valence-corrected chi connectivity index (χ1v) is 4.79. The smallest absolute Gasteiger partial charge is 0.186 e. The lowest BCUT2D eigenvalue weighted by atomic mass is 10.2. The minimum Gasteiger partial charge on any atom is -0.275 e. The summed E-state index contributed by atoms with van der Waals surface area (Å²) in [6, 6.07) is 10.5. The lowest BCUT2D eigenvalue weighted by Gasteiger charge is -2.16. The topological polar surface area (TPSA) is 50.8 Å². The highest BCUT2D eigenvalue weighted by Gasteiger charge is 2.12. The van der Waals surface area contributed by atoms with Crippen molar-refractivity contribution in [2.24, 2.45) is 0 Å². The summed E-state index contributed by atoms with van der Waals surface area (Å²) in [4.78, 5) is 1.68. The molecule has 0 saturated heterocycles. The lowest BCUT2D eigenvalue weighted by Crippen LogP contribution is -2.28. The van der Waals surface area contributed by atoms with E-state index in [-0.39, 0.29) is 0 Å². The molecule has 0 unspecified atom stereocenters. The van der Waals surface area contributed by atoms with E-state index in [1.807, 2.05) is 24.3 Å². The molecule has 1 aromatic carbocycles. The summed E-state index contributed by atoms with van der Waals surface area (Å²) < 4.78 is 0. The zero-order valence-corrected chi connectivity index (χ0v) is 9.07. The van der Waals surface area contributed by atoms with Crippen LogP contribution in [0, 0.1) is 22.7 Å². The maximum atomic E-state index is 8.68. The molecule has 0 N–H and O–H groups in total. The molecule has 0 spiro atoms. The molecular formula is C11H10ClN3. The minimum atomic E-state index is -0.708. The minimum absolute atomic E-state index is 0.558. The Balaban J connectivity index is 2.67. The average molecular weight is 220 g/mol. The highest BCUT2D eigenvalue weighted by Crippen LogP contribution is 2.11. The van der Waals surface area contributed by atoms with Crippen LogP contribution in [0.4, 0.5) is 0 Å². The second kappa shape index (κ2) is 5.36. The molecule has 0 fully saturated rings. The normalized spacial score (nSPS) is 10.0. The van der Waals surface area contributed by atoms with Gasteiger partial charge in [-0.3, -0.25) is 4.90 Å². The van der Waals surface area contributed by atoms with Crippen molar-refractivity contribution < 1.29 is 0 Å². The fourth-order valence-electron chi connectivity index (χ4n) is 1.20. The van der Waals surface area contributed by atoms with E-state index in [0.717, 1.165) is 5.56 Å². The number of rotatable bonds is 3. The van der Waals surface area contributed by atoms with Gasteiger partial charge in [-0.05, 0) is 24.7 Å². The van der Waals surface area contributed by atoms with Gasteiger partial charge in [-0.1, -0.05) is 23.7 Å². The Morgan fingerprint density at radius 1 is 1.27 bits per heavy atom. The SMILES string of the molecule is CN(Cc1ccc(Cl)cc1)C(C#N)C#N. The van der Waals surface area contributed by atoms with E-state index >= 15 is 0 Å². The Labute approximate surface area is 94.1 Å². The molecule has 0 saturated carbocycles. The van der Waals surface area contributed by atoms with Crippen LogP contribution in [-0.4, -0.2) is 18.0 Å². The maximum absolute atomic E-state index is 8.68. The van der Waals surface area contributed by atoms with Crippen molar-refractivity contribution in [3.8, 4) is 12.1 Å². The Bertz CT molecular complexity index is 385. The standard InChI is InChI=1S/C11H10ClN3/c1-15(11(6-13)7-14)8-9-2-4-10(12)5-3-9/h2-5,11H,8H2,1H3. The Morgan fingerprint density at radius 2 is 1.80 bits per heavy atom. The molecule has 0 aliphatic carbocycles. The van der Waals surface area contributed by atoms with E-state index in [0.29, 0.717) is 11.6 Å². The van der Waals surface area contributed by atoms with Gasteiger partial charge in [-0.2, -0.15) is 10.5 Å². The van der Waals surface area contributed by atoms with Crippen LogP contribution >= 0.6 is 11.6 Å². The summed E-state index contributed by atoms with van der Waals surface area (Å²) in [6.45, 7) is 0.558. The van der Waals surface area contributed by atoms with Crippen molar-refractivity contribution >= 4 is 11.6 Å². The van der Waals surface area contributed by atoms with Gasteiger partial charge >= 0.3 is 0 Å². The summed E-state index contributed by atoms with van der Waals surface area (Å²) in [5.41, 5.74) is 1.03. The van der Waals surface area contributed by atoms with E-state index in [4.69, 9.17) is 22.1 Å². The van der Waals surface area contributed by atoms with Crippen molar-refractivity contribution in [2.75, 3.05) is 7.05 Å². The van der Waals surface area contributed by atoms with Crippen LogP contribution in [0.3, 0.4) is 0 Å². The molecule has 1 aromatic rings. The first-order valence-electron chi connectivity index (χ1n) is 4.41. The fraction of sp³-hybridized carbons (Fsp3) is 0.273. The molecule has 0 aliphatic rings. The average Bonchev–Trinajstić information content (AvgIpc) is 2.23. The molecule has 0 aromatic heterocycles. The van der Waals surface area contributed by atoms with Crippen LogP contribution in [0.5, 0.6) is 0 Å². The Morgan fingerprint density at radius 3 is 2.27 bits per heavy atom. The zero-order valence-electron chi connectivity index (χ0n) is 8.31. The van der Waals surface area contributed by atoms with E-state index < -0.39 is 6.04 Å². The number of nitriles is 2. The van der Waals surface area contributed by atoms with Crippen LogP contribution < -0.4 is 0 Å². The maximum Gasteiger partial charge on any atom is 0.186 e. The van der Waals surface area contributed by atoms with Crippen LogP contribution in [0.25, 0.3) is 0 Å². The third-order valence-electron chi connectivity index (χ3n) is 2.03. The molecule has 0 aliphatic heterocycles. The van der Waals surface area contributed by atoms with Gasteiger partial charge in [0.15, 0.2) is 6.04 Å². The lowest BCUT2D eigenvalue weighted by molar-refractivity contribution is 0.321. The van der Waals surface area contributed by atoms with Crippen molar-refractivity contribution in [1.29, 1.82) is 10.5 Å². The largest absolute Gasteiger partial charge is 0.275 e. The fourth-order valence-corrected chi connectivity index (χ4v) is 1.32. The van der Waals surface area contributed by atoms with E-state index in [1.54, 1.807) is 24.1 Å². The molecule has 0 radical (unpaired) electrons. The summed E-state index contributed by atoms with van der Waals surface area (Å²) in [6.07, 6.45) is 0. The van der Waals surface area contributed by atoms with Crippen LogP contribution in [0.15, 0.2) is 24.3 Å². The number of benzene rings is 1. The quantitative estimate of drug-likeness (QED) is 0.783. The predicted octanol–water partition coefficient (Wildman–Crippen LogP) is 2.19. The van der Waals surface area contributed by atoms with Crippen molar-refractivity contribution in [1.82, 2.24) is 4.90 Å². The first-order chi connectivity index (χ1) is 7.17. The number of hydrogen-bond donors (Lipinski definition) is 0. The highest BCUT2D eigenvalue weighted by atomic mass is 35.5. The number of hydrogen-bond acceptors (Lipinski definition) is 3. The Kier molecular flexibility index (Phi) is 4.12. The molecule has 0 atom stereocenters. The highest BCUT2D eigenvalue weighted by molar-refractivity contribution is 6.30. The van der Waals surface area contributed by atoms with Crippen LogP contribution in [0.2, 0.25) is 5.02 Å². The predicted molar refractivity (Wildman–Crippen MR) is 57.9 cm³/mol. The zero-order chi connectivity index (χ0) is 11.3. The second-order valence-electron chi connectivity index (χ2n) is 3.20. The first kappa shape index (κ1) is 11.5. The summed E-state index contributed by atoms with van der Waals surface area (Å²) in [7, 11) is 1.74. The molecular weight excluding hydrogens is 210 g/mol. The molecule has 76 valence electrons. The van der Waals surface area contributed by atoms with Crippen LogP contribution in [0.1, 0.15) is 5.56 Å². The van der Waals surface area contributed by atoms with E-state index in [2.05, 4.69) is 0 Å². The van der Waals surface area contributed by atoms with E-state index in [9.17, 15) is 0 Å². The number of halogens is 1. The van der Waals surface area contributed by atoms with Crippen molar-refractivity contribution in [3.63, 3.8) is 0 Å². The van der Waals surface area contributed by atoms with Gasteiger partial charge in [0, 0.05) is 11.6 Å². The monoisotopic (exact) mass is 219 g/mol. The Hall–Kier alpha value is -1.55. The third-order valence-corrected chi connectivity index (χ3v) is 2.28. The van der Waals surface area contributed by atoms with Crippen LogP contribution in [-0.2, 0) is 6.54 Å².